The van der Waals surface area contributed by atoms with E-state index in [-0.39, 0.29) is 30.3 Å². The highest BCUT2D eigenvalue weighted by Gasteiger charge is 2.28. The van der Waals surface area contributed by atoms with Crippen molar-refractivity contribution in [1.82, 2.24) is 14.9 Å². The third kappa shape index (κ3) is 4.88. The Bertz CT molecular complexity index is 1230. The molecular formula is C23H20FN5O4. The van der Waals surface area contributed by atoms with Gasteiger partial charge in [0.2, 0.25) is 0 Å². The summed E-state index contributed by atoms with van der Waals surface area (Å²) in [6, 6.07) is 9.60. The van der Waals surface area contributed by atoms with Crippen LogP contribution < -0.4 is 10.5 Å². The van der Waals surface area contributed by atoms with Gasteiger partial charge in [0, 0.05) is 54.7 Å². The number of nitrogens with zero attached hydrogens (tertiary/aromatic N) is 4. The minimum Gasteiger partial charge on any atom is -0.497 e. The molecule has 1 aliphatic rings. The molecule has 1 aliphatic heterocycles. The Balaban J connectivity index is 0.000000968. The molecule has 0 saturated carbocycles. The van der Waals surface area contributed by atoms with Crippen molar-refractivity contribution in [3.63, 3.8) is 0 Å². The Labute approximate surface area is 188 Å². The lowest BCUT2D eigenvalue weighted by atomic mass is 9.90. The number of fused-ring (bicyclic) bond motifs is 1. The maximum atomic E-state index is 14.2. The number of anilines is 1. The summed E-state index contributed by atoms with van der Waals surface area (Å²) >= 11 is 0. The molecule has 2 aromatic heterocycles. The number of nitrogen functional groups attached to an aromatic ring is 1. The largest absolute Gasteiger partial charge is 0.497 e. The van der Waals surface area contributed by atoms with Gasteiger partial charge in [0.25, 0.3) is 12.4 Å². The lowest BCUT2D eigenvalue weighted by Crippen LogP contribution is -2.37. The molecule has 3 aromatic rings. The van der Waals surface area contributed by atoms with Crippen LogP contribution in [0.1, 0.15) is 27.2 Å². The van der Waals surface area contributed by atoms with Crippen molar-refractivity contribution in [2.24, 2.45) is 0 Å². The van der Waals surface area contributed by atoms with E-state index in [2.05, 4.69) is 16.0 Å². The highest BCUT2D eigenvalue weighted by atomic mass is 19.1. The molecule has 0 atom stereocenters. The monoisotopic (exact) mass is 449 g/mol. The molecule has 3 heterocycles. The average molecular weight is 449 g/mol. The van der Waals surface area contributed by atoms with E-state index in [1.54, 1.807) is 35.5 Å². The summed E-state index contributed by atoms with van der Waals surface area (Å²) in [5.41, 5.74) is 9.02. The summed E-state index contributed by atoms with van der Waals surface area (Å²) in [6.07, 6.45) is 3.60. The number of methoxy groups -OCH3 is 1. The molecule has 0 fully saturated rings. The number of hydrogen-bond donors (Lipinski definition) is 2. The van der Waals surface area contributed by atoms with Crippen molar-refractivity contribution in [2.75, 3.05) is 19.4 Å². The Morgan fingerprint density at radius 2 is 2.03 bits per heavy atom. The molecule has 4 rings (SSSR count). The maximum Gasteiger partial charge on any atom is 0.290 e. The molecular weight excluding hydrogens is 429 g/mol. The van der Waals surface area contributed by atoms with Crippen LogP contribution in [0, 0.1) is 17.1 Å². The van der Waals surface area contributed by atoms with Crippen LogP contribution in [0.15, 0.2) is 42.7 Å². The summed E-state index contributed by atoms with van der Waals surface area (Å²) in [4.78, 5) is 31.3. The van der Waals surface area contributed by atoms with Gasteiger partial charge in [-0.25, -0.2) is 9.37 Å². The van der Waals surface area contributed by atoms with Crippen LogP contribution in [0.3, 0.4) is 0 Å². The van der Waals surface area contributed by atoms with Gasteiger partial charge in [-0.3, -0.25) is 14.6 Å². The summed E-state index contributed by atoms with van der Waals surface area (Å²) < 4.78 is 19.4. The molecule has 0 unspecified atom stereocenters. The van der Waals surface area contributed by atoms with Gasteiger partial charge in [-0.05, 0) is 29.8 Å². The number of carboxylic acid groups (broad SMARTS) is 1. The second-order valence-electron chi connectivity index (χ2n) is 6.98. The first-order valence-electron chi connectivity index (χ1n) is 9.76. The van der Waals surface area contributed by atoms with Gasteiger partial charge in [0.15, 0.2) is 0 Å². The van der Waals surface area contributed by atoms with Gasteiger partial charge in [0.05, 0.1) is 12.8 Å². The van der Waals surface area contributed by atoms with Crippen molar-refractivity contribution in [3.05, 3.63) is 70.9 Å². The Hall–Kier alpha value is -4.52. The van der Waals surface area contributed by atoms with Gasteiger partial charge in [0.1, 0.15) is 29.0 Å². The van der Waals surface area contributed by atoms with Crippen molar-refractivity contribution in [3.8, 4) is 22.9 Å². The second kappa shape index (κ2) is 10.2. The number of nitrogens with two attached hydrogens (primary N) is 1. The van der Waals surface area contributed by atoms with Gasteiger partial charge in [-0.15, -0.1) is 0 Å². The van der Waals surface area contributed by atoms with Crippen molar-refractivity contribution < 1.29 is 23.8 Å². The Morgan fingerprint density at radius 3 is 2.67 bits per heavy atom. The fourth-order valence-corrected chi connectivity index (χ4v) is 3.69. The zero-order chi connectivity index (χ0) is 24.0. The molecule has 0 aliphatic carbocycles. The van der Waals surface area contributed by atoms with Gasteiger partial charge in [-0.2, -0.15) is 5.26 Å². The molecule has 0 spiro atoms. The van der Waals surface area contributed by atoms with E-state index < -0.39 is 5.82 Å². The van der Waals surface area contributed by atoms with Crippen LogP contribution in [0.25, 0.3) is 11.1 Å². The minimum absolute atomic E-state index is 0.0865. The molecule has 0 bridgehead atoms. The van der Waals surface area contributed by atoms with Crippen LogP contribution in [-0.2, 0) is 17.8 Å². The number of ether oxygens (including phenoxy) is 1. The number of aromatic nitrogens is 2. The number of amides is 1. The number of benzene rings is 1. The van der Waals surface area contributed by atoms with E-state index in [0.717, 1.165) is 0 Å². The third-order valence-corrected chi connectivity index (χ3v) is 5.10. The van der Waals surface area contributed by atoms with E-state index >= 15 is 0 Å². The number of carbonyl (C=O) groups is 2. The molecule has 33 heavy (non-hydrogen) atoms. The summed E-state index contributed by atoms with van der Waals surface area (Å²) in [5, 5.41) is 16.6. The van der Waals surface area contributed by atoms with E-state index in [0.29, 0.717) is 46.7 Å². The smallest absolute Gasteiger partial charge is 0.290 e. The molecule has 1 aromatic carbocycles. The standard InChI is InChI=1S/C22H18FN5O2.CH2O2/c1-30-16-9-14(8-15(23)10-16)20-17(11-24)21(25)27-19-4-7-28(12-18(19)20)22(29)13-2-5-26-6-3-13;2-1-3/h2-3,5-6,8-10H,4,7,12H2,1H3,(H2,25,27);1H,(H,2,3). The minimum atomic E-state index is -0.502. The first-order chi connectivity index (χ1) is 15.9. The molecule has 9 nitrogen and oxygen atoms in total. The normalized spacial score (nSPS) is 12.0. The highest BCUT2D eigenvalue weighted by Crippen LogP contribution is 2.37. The van der Waals surface area contributed by atoms with Crippen molar-refractivity contribution in [1.29, 1.82) is 5.26 Å². The fraction of sp³-hybridized carbons (Fsp3) is 0.174. The number of hydrogen-bond acceptors (Lipinski definition) is 7. The molecule has 0 radical (unpaired) electrons. The van der Waals surface area contributed by atoms with Crippen LogP contribution in [-0.4, -0.2) is 46.0 Å². The lowest BCUT2D eigenvalue weighted by molar-refractivity contribution is -0.122. The van der Waals surface area contributed by atoms with Crippen LogP contribution >= 0.6 is 0 Å². The number of halogens is 1. The molecule has 1 amide bonds. The number of rotatable bonds is 3. The number of nitriles is 1. The first kappa shape index (κ1) is 23.1. The van der Waals surface area contributed by atoms with Crippen LogP contribution in [0.2, 0.25) is 0 Å². The van der Waals surface area contributed by atoms with Gasteiger partial charge >= 0.3 is 0 Å². The SMILES string of the molecule is COc1cc(F)cc(-c2c(C#N)c(N)nc3c2CN(C(=O)c2ccncc2)CC3)c1.O=CO. The van der Waals surface area contributed by atoms with Crippen LogP contribution in [0.5, 0.6) is 5.75 Å². The number of carbonyl (C=O) groups excluding carboxylic acids is 1. The van der Waals surface area contributed by atoms with Crippen LogP contribution in [0.4, 0.5) is 10.2 Å². The predicted octanol–water partition coefficient (Wildman–Crippen LogP) is 2.64. The topological polar surface area (TPSA) is 142 Å². The van der Waals surface area contributed by atoms with E-state index in [1.807, 2.05) is 0 Å². The van der Waals surface area contributed by atoms with Crippen molar-refractivity contribution in [2.45, 2.75) is 13.0 Å². The predicted molar refractivity (Wildman–Crippen MR) is 117 cm³/mol. The Morgan fingerprint density at radius 1 is 1.33 bits per heavy atom. The fourth-order valence-electron chi connectivity index (χ4n) is 3.69. The average Bonchev–Trinajstić information content (AvgIpc) is 2.83. The van der Waals surface area contributed by atoms with E-state index in [1.165, 1.54) is 19.2 Å². The Kier molecular flexibility index (Phi) is 7.15. The van der Waals surface area contributed by atoms with Crippen molar-refractivity contribution >= 4 is 18.2 Å². The first-order valence-corrected chi connectivity index (χ1v) is 9.76. The highest BCUT2D eigenvalue weighted by molar-refractivity contribution is 5.94. The zero-order valence-electron chi connectivity index (χ0n) is 17.7. The molecule has 0 saturated heterocycles. The van der Waals surface area contributed by atoms with E-state index in [9.17, 15) is 14.4 Å². The van der Waals surface area contributed by atoms with E-state index in [4.69, 9.17) is 20.4 Å². The van der Waals surface area contributed by atoms with Gasteiger partial charge < -0.3 is 20.5 Å². The van der Waals surface area contributed by atoms with Gasteiger partial charge in [-0.1, -0.05) is 0 Å². The summed E-state index contributed by atoms with van der Waals surface area (Å²) in [5.74, 6) is -0.249. The quantitative estimate of drug-likeness (QED) is 0.581. The molecule has 3 N–H and O–H groups in total. The molecule has 168 valence electrons. The summed E-state index contributed by atoms with van der Waals surface area (Å²) in [6.45, 7) is 0.436. The summed E-state index contributed by atoms with van der Waals surface area (Å²) in [7, 11) is 1.44. The lowest BCUT2D eigenvalue weighted by Gasteiger charge is -2.30. The molecule has 10 heteroatoms. The number of pyridine rings is 2. The third-order valence-electron chi connectivity index (χ3n) is 5.10. The second-order valence-corrected chi connectivity index (χ2v) is 6.98. The zero-order valence-corrected chi connectivity index (χ0v) is 17.7. The maximum absolute atomic E-state index is 14.2.